The zero-order valence-corrected chi connectivity index (χ0v) is 24.8. The first-order valence-electron chi connectivity index (χ1n) is 14.7. The summed E-state index contributed by atoms with van der Waals surface area (Å²) in [6.07, 6.45) is 5.93. The van der Waals surface area contributed by atoms with Gasteiger partial charge in [-0.05, 0) is 44.9 Å². The number of carbonyl (C=O) groups is 1. The summed E-state index contributed by atoms with van der Waals surface area (Å²) in [6.45, 7) is 10.6. The van der Waals surface area contributed by atoms with Crippen molar-refractivity contribution < 1.29 is 9.32 Å². The zero-order chi connectivity index (χ0) is 29.4. The highest BCUT2D eigenvalue weighted by Crippen LogP contribution is 2.37. The van der Waals surface area contributed by atoms with Crippen molar-refractivity contribution >= 4 is 34.4 Å². The van der Waals surface area contributed by atoms with Crippen LogP contribution in [0.2, 0.25) is 0 Å². The number of carbonyl (C=O) groups excluding carboxylic acids is 1. The topological polar surface area (TPSA) is 143 Å². The molecular weight excluding hydrogens is 532 g/mol. The first-order valence-corrected chi connectivity index (χ1v) is 14.7. The van der Waals surface area contributed by atoms with Gasteiger partial charge in [-0.2, -0.15) is 5.10 Å². The molecule has 4 N–H and O–H groups in total. The Morgan fingerprint density at radius 3 is 2.33 bits per heavy atom. The third-order valence-electron chi connectivity index (χ3n) is 8.49. The van der Waals surface area contributed by atoms with Gasteiger partial charge in [0.1, 0.15) is 23.6 Å². The molecule has 0 atom stereocenters. The average molecular weight is 573 g/mol. The van der Waals surface area contributed by atoms with Gasteiger partial charge in [-0.15, -0.1) is 0 Å². The first-order chi connectivity index (χ1) is 20.2. The molecule has 1 aliphatic carbocycles. The summed E-state index contributed by atoms with van der Waals surface area (Å²) in [5.41, 5.74) is 9.20. The van der Waals surface area contributed by atoms with Crippen LogP contribution in [0.3, 0.4) is 0 Å². The van der Waals surface area contributed by atoms with Crippen molar-refractivity contribution in [2.45, 2.75) is 64.0 Å². The average Bonchev–Trinajstić information content (AvgIpc) is 3.60. The number of piperazine rings is 1. The summed E-state index contributed by atoms with van der Waals surface area (Å²) in [7, 11) is 2.20. The number of rotatable bonds is 5. The minimum absolute atomic E-state index is 0.200. The largest absolute Gasteiger partial charge is 0.383 e. The van der Waals surface area contributed by atoms with Gasteiger partial charge in [0.05, 0.1) is 11.4 Å². The predicted octanol–water partition coefficient (Wildman–Crippen LogP) is 4.74. The molecule has 0 spiro atoms. The molecule has 12 nitrogen and oxygen atoms in total. The van der Waals surface area contributed by atoms with E-state index in [4.69, 9.17) is 15.4 Å². The number of fused-ring (bicyclic) bond motifs is 1. The molecule has 0 unspecified atom stereocenters. The number of hydrogen-bond donors (Lipinski definition) is 3. The molecule has 2 amide bonds. The molecule has 0 bridgehead atoms. The molecular formula is C30H40N10O2. The Kier molecular flexibility index (Phi) is 7.58. The van der Waals surface area contributed by atoms with Crippen LogP contribution in [0.5, 0.6) is 0 Å². The Hall–Kier alpha value is -4.03. The van der Waals surface area contributed by atoms with Crippen molar-refractivity contribution in [1.82, 2.24) is 34.7 Å². The molecule has 1 saturated heterocycles. The van der Waals surface area contributed by atoms with Crippen LogP contribution in [0.15, 0.2) is 41.2 Å². The van der Waals surface area contributed by atoms with Crippen LogP contribution in [0, 0.1) is 0 Å². The molecule has 4 aromatic rings. The molecule has 1 aliphatic heterocycles. The zero-order valence-electron chi connectivity index (χ0n) is 24.8. The smallest absolute Gasteiger partial charge is 0.324 e. The Balaban J connectivity index is 1.16. The second kappa shape index (κ2) is 11.3. The van der Waals surface area contributed by atoms with Gasteiger partial charge >= 0.3 is 6.03 Å². The van der Waals surface area contributed by atoms with Crippen LogP contribution in [-0.4, -0.2) is 80.0 Å². The molecule has 1 aromatic carbocycles. The van der Waals surface area contributed by atoms with Crippen LogP contribution in [-0.2, 0) is 5.41 Å². The number of urea groups is 1. The summed E-state index contributed by atoms with van der Waals surface area (Å²) in [5.74, 6) is 1.47. The monoisotopic (exact) mass is 572 g/mol. The van der Waals surface area contributed by atoms with Gasteiger partial charge in [-0.25, -0.2) is 19.4 Å². The third kappa shape index (κ3) is 5.82. The summed E-state index contributed by atoms with van der Waals surface area (Å²) >= 11 is 0. The fraction of sp³-hybridized carbons (Fsp3) is 0.500. The summed E-state index contributed by atoms with van der Waals surface area (Å²) in [5, 5.41) is 15.3. The van der Waals surface area contributed by atoms with Crippen LogP contribution < -0.4 is 16.4 Å². The molecule has 2 fully saturated rings. The van der Waals surface area contributed by atoms with E-state index in [9.17, 15) is 4.79 Å². The maximum atomic E-state index is 12.6. The maximum absolute atomic E-state index is 12.6. The Morgan fingerprint density at radius 1 is 0.976 bits per heavy atom. The van der Waals surface area contributed by atoms with Crippen LogP contribution in [0.4, 0.5) is 22.1 Å². The van der Waals surface area contributed by atoms with E-state index in [-0.39, 0.29) is 11.5 Å². The normalized spacial score (nSPS) is 20.6. The Bertz CT molecular complexity index is 1540. The lowest BCUT2D eigenvalue weighted by molar-refractivity contribution is 0.0815. The number of amides is 2. The number of anilines is 3. The highest BCUT2D eigenvalue weighted by atomic mass is 16.5. The SMILES string of the molecule is CN1CCN(C2CCC(n3nc(-c4ccc(NC(=O)Nc5cc(C(C)(C)C)on5)cc4)c4c(N)ncnc43)CC2)CC1. The molecule has 42 heavy (non-hydrogen) atoms. The van der Waals surface area contributed by atoms with E-state index < -0.39 is 6.03 Å². The van der Waals surface area contributed by atoms with Gasteiger partial charge in [0.2, 0.25) is 0 Å². The minimum atomic E-state index is -0.406. The number of hydrogen-bond acceptors (Lipinski definition) is 9. The standard InChI is InChI=1S/C30H40N10O2/c1-30(2,3)23-17-24(37-42-23)35-29(41)34-20-7-5-19(6-8-20)26-25-27(31)32-18-33-28(25)40(36-26)22-11-9-21(10-12-22)39-15-13-38(4)14-16-39/h5-8,17-18,21-22H,9-16H2,1-4H3,(H2,31,32,33)(H2,34,35,37,41). The second-order valence-corrected chi connectivity index (χ2v) is 12.5. The molecule has 12 heteroatoms. The van der Waals surface area contributed by atoms with Gasteiger partial charge in [0.25, 0.3) is 0 Å². The van der Waals surface area contributed by atoms with E-state index in [0.717, 1.165) is 74.2 Å². The number of benzene rings is 1. The van der Waals surface area contributed by atoms with Gasteiger partial charge in [0.15, 0.2) is 11.5 Å². The van der Waals surface area contributed by atoms with Gasteiger partial charge in [-0.1, -0.05) is 38.1 Å². The van der Waals surface area contributed by atoms with E-state index in [1.54, 1.807) is 6.07 Å². The second-order valence-electron chi connectivity index (χ2n) is 12.5. The quantitative estimate of drug-likeness (QED) is 0.309. The van der Waals surface area contributed by atoms with Gasteiger partial charge < -0.3 is 20.5 Å². The maximum Gasteiger partial charge on any atom is 0.324 e. The fourth-order valence-corrected chi connectivity index (χ4v) is 5.98. The van der Waals surface area contributed by atoms with Gasteiger partial charge in [0, 0.05) is 55.0 Å². The van der Waals surface area contributed by atoms with Crippen LogP contribution >= 0.6 is 0 Å². The first kappa shape index (κ1) is 28.1. The summed E-state index contributed by atoms with van der Waals surface area (Å²) in [4.78, 5) is 26.5. The molecule has 3 aromatic heterocycles. The van der Waals surface area contributed by atoms with Crippen molar-refractivity contribution in [3.63, 3.8) is 0 Å². The predicted molar refractivity (Wildman–Crippen MR) is 163 cm³/mol. The van der Waals surface area contributed by atoms with E-state index in [0.29, 0.717) is 29.1 Å². The van der Waals surface area contributed by atoms with E-state index >= 15 is 0 Å². The van der Waals surface area contributed by atoms with Crippen LogP contribution in [0.1, 0.15) is 58.3 Å². The van der Waals surface area contributed by atoms with Crippen molar-refractivity contribution in [2.75, 3.05) is 49.6 Å². The van der Waals surface area contributed by atoms with Crippen molar-refractivity contribution in [1.29, 1.82) is 0 Å². The lowest BCUT2D eigenvalue weighted by Gasteiger charge is -2.41. The van der Waals surface area contributed by atoms with Crippen molar-refractivity contribution in [2.24, 2.45) is 0 Å². The third-order valence-corrected chi connectivity index (χ3v) is 8.49. The molecule has 2 aliphatic rings. The number of nitrogens with one attached hydrogen (secondary N) is 2. The number of nitrogen functional groups attached to an aromatic ring is 1. The Morgan fingerprint density at radius 2 is 1.67 bits per heavy atom. The molecule has 6 rings (SSSR count). The Labute approximate surface area is 245 Å². The van der Waals surface area contributed by atoms with Crippen molar-refractivity contribution in [3.8, 4) is 11.3 Å². The van der Waals surface area contributed by atoms with Crippen LogP contribution in [0.25, 0.3) is 22.3 Å². The molecule has 0 radical (unpaired) electrons. The molecule has 4 heterocycles. The summed E-state index contributed by atoms with van der Waals surface area (Å²) in [6, 6.07) is 9.75. The number of aromatic nitrogens is 5. The van der Waals surface area contributed by atoms with E-state index in [1.165, 1.54) is 6.33 Å². The van der Waals surface area contributed by atoms with E-state index in [2.05, 4.69) is 47.3 Å². The van der Waals surface area contributed by atoms with E-state index in [1.807, 2.05) is 45.0 Å². The molecule has 1 saturated carbocycles. The lowest BCUT2D eigenvalue weighted by Crippen LogP contribution is -2.49. The minimum Gasteiger partial charge on any atom is -0.383 e. The lowest BCUT2D eigenvalue weighted by atomic mass is 9.90. The van der Waals surface area contributed by atoms with Gasteiger partial charge in [-0.3, -0.25) is 10.2 Å². The summed E-state index contributed by atoms with van der Waals surface area (Å²) < 4.78 is 7.41. The van der Waals surface area contributed by atoms with Crippen molar-refractivity contribution in [3.05, 3.63) is 42.4 Å². The highest BCUT2D eigenvalue weighted by Gasteiger charge is 2.30. The molecule has 222 valence electrons. The fourth-order valence-electron chi connectivity index (χ4n) is 5.98. The number of nitrogens with two attached hydrogens (primary N) is 1. The number of nitrogens with zero attached hydrogens (tertiary/aromatic N) is 7. The highest BCUT2D eigenvalue weighted by molar-refractivity contribution is 6.00. The number of likely N-dealkylation sites (N-methyl/N-ethyl adjacent to an activating group) is 1.